The van der Waals surface area contributed by atoms with E-state index < -0.39 is 5.97 Å². The topological polar surface area (TPSA) is 70.0 Å². The normalized spacial score (nSPS) is 9.60. The maximum Gasteiger partial charge on any atom is 0.324 e. The van der Waals surface area contributed by atoms with Gasteiger partial charge in [0.2, 0.25) is 0 Å². The van der Waals surface area contributed by atoms with Crippen LogP contribution in [0.3, 0.4) is 0 Å². The number of rotatable bonds is 6. The lowest BCUT2D eigenvalue weighted by atomic mass is 10.1. The van der Waals surface area contributed by atoms with E-state index in [0.29, 0.717) is 13.0 Å². The molecule has 0 aromatic heterocycles. The van der Waals surface area contributed by atoms with Gasteiger partial charge in [-0.2, -0.15) is 0 Å². The molecule has 0 radical (unpaired) electrons. The van der Waals surface area contributed by atoms with E-state index in [-0.39, 0.29) is 6.54 Å². The molecule has 0 saturated heterocycles. The highest BCUT2D eigenvalue weighted by atomic mass is 16.4. The standard InChI is InChI=1S/C10H12N2O3/c13-10(14)8-12(11-15)7-6-9-4-2-1-3-5-9/h1-5H,6-8H2,(H,13,14). The van der Waals surface area contributed by atoms with Crippen LogP contribution in [0.25, 0.3) is 0 Å². The molecule has 0 heterocycles. The van der Waals surface area contributed by atoms with Crippen LogP contribution in [0, 0.1) is 4.91 Å². The van der Waals surface area contributed by atoms with Gasteiger partial charge in [0.05, 0.1) is 5.29 Å². The fourth-order valence-corrected chi connectivity index (χ4v) is 1.21. The van der Waals surface area contributed by atoms with E-state index in [1.54, 1.807) is 0 Å². The first-order chi connectivity index (χ1) is 7.22. The van der Waals surface area contributed by atoms with Gasteiger partial charge >= 0.3 is 5.97 Å². The van der Waals surface area contributed by atoms with Crippen molar-refractivity contribution in [3.63, 3.8) is 0 Å². The van der Waals surface area contributed by atoms with E-state index in [4.69, 9.17) is 5.11 Å². The molecule has 0 spiro atoms. The molecule has 0 saturated carbocycles. The molecule has 0 bridgehead atoms. The maximum atomic E-state index is 10.3. The van der Waals surface area contributed by atoms with Crippen LogP contribution >= 0.6 is 0 Å². The van der Waals surface area contributed by atoms with Gasteiger partial charge in [0, 0.05) is 6.54 Å². The lowest BCUT2D eigenvalue weighted by molar-refractivity contribution is -0.138. The van der Waals surface area contributed by atoms with Crippen LogP contribution in [0.15, 0.2) is 35.6 Å². The molecule has 15 heavy (non-hydrogen) atoms. The lowest BCUT2D eigenvalue weighted by Gasteiger charge is -2.11. The third-order valence-electron chi connectivity index (χ3n) is 1.93. The average Bonchev–Trinajstić information content (AvgIpc) is 2.25. The van der Waals surface area contributed by atoms with Crippen molar-refractivity contribution in [2.24, 2.45) is 5.29 Å². The first kappa shape index (κ1) is 11.2. The van der Waals surface area contributed by atoms with Crippen molar-refractivity contribution in [3.05, 3.63) is 40.8 Å². The van der Waals surface area contributed by atoms with Crippen molar-refractivity contribution in [2.45, 2.75) is 6.42 Å². The van der Waals surface area contributed by atoms with Gasteiger partial charge in [-0.15, -0.1) is 4.91 Å². The molecule has 0 aliphatic heterocycles. The van der Waals surface area contributed by atoms with Gasteiger partial charge in [-0.3, -0.25) is 4.79 Å². The summed E-state index contributed by atoms with van der Waals surface area (Å²) >= 11 is 0. The number of nitroso groups, excluding NO2 is 1. The summed E-state index contributed by atoms with van der Waals surface area (Å²) < 4.78 is 0. The van der Waals surface area contributed by atoms with Crippen LogP contribution in [0.1, 0.15) is 5.56 Å². The zero-order chi connectivity index (χ0) is 11.1. The third-order valence-corrected chi connectivity index (χ3v) is 1.93. The molecule has 0 amide bonds. The molecular formula is C10H12N2O3. The fourth-order valence-electron chi connectivity index (χ4n) is 1.21. The van der Waals surface area contributed by atoms with Gasteiger partial charge in [-0.1, -0.05) is 30.3 Å². The summed E-state index contributed by atoms with van der Waals surface area (Å²) in [4.78, 5) is 20.6. The Morgan fingerprint density at radius 1 is 1.33 bits per heavy atom. The molecule has 80 valence electrons. The summed E-state index contributed by atoms with van der Waals surface area (Å²) in [7, 11) is 0. The number of carboxylic acid groups (broad SMARTS) is 1. The van der Waals surface area contributed by atoms with Gasteiger partial charge in [0.25, 0.3) is 0 Å². The van der Waals surface area contributed by atoms with Crippen molar-refractivity contribution in [2.75, 3.05) is 13.1 Å². The second-order valence-electron chi connectivity index (χ2n) is 3.10. The number of nitrogens with zero attached hydrogens (tertiary/aromatic N) is 2. The fraction of sp³-hybridized carbons (Fsp3) is 0.300. The average molecular weight is 208 g/mol. The Morgan fingerprint density at radius 3 is 2.53 bits per heavy atom. The highest BCUT2D eigenvalue weighted by molar-refractivity contribution is 5.68. The summed E-state index contributed by atoms with van der Waals surface area (Å²) in [5.74, 6) is -1.05. The van der Waals surface area contributed by atoms with Crippen molar-refractivity contribution >= 4 is 5.97 Å². The Hall–Kier alpha value is -1.91. The largest absolute Gasteiger partial charge is 0.480 e. The molecule has 1 rings (SSSR count). The van der Waals surface area contributed by atoms with Crippen molar-refractivity contribution in [1.82, 2.24) is 5.01 Å². The van der Waals surface area contributed by atoms with Crippen LogP contribution < -0.4 is 0 Å². The molecule has 1 aromatic carbocycles. The van der Waals surface area contributed by atoms with Crippen LogP contribution in [0.2, 0.25) is 0 Å². The van der Waals surface area contributed by atoms with E-state index in [9.17, 15) is 9.70 Å². The summed E-state index contributed by atoms with van der Waals surface area (Å²) in [6.45, 7) is -0.0316. The van der Waals surface area contributed by atoms with E-state index in [0.717, 1.165) is 10.6 Å². The first-order valence-corrected chi connectivity index (χ1v) is 4.56. The second-order valence-corrected chi connectivity index (χ2v) is 3.10. The number of benzene rings is 1. The summed E-state index contributed by atoms with van der Waals surface area (Å²) in [6, 6.07) is 9.53. The van der Waals surface area contributed by atoms with Crippen molar-refractivity contribution in [3.8, 4) is 0 Å². The second kappa shape index (κ2) is 5.74. The highest BCUT2D eigenvalue weighted by Crippen LogP contribution is 2.01. The SMILES string of the molecule is O=NN(CCc1ccccc1)CC(=O)O. The van der Waals surface area contributed by atoms with Crippen molar-refractivity contribution in [1.29, 1.82) is 0 Å². The van der Waals surface area contributed by atoms with Crippen LogP contribution in [0.5, 0.6) is 0 Å². The minimum Gasteiger partial charge on any atom is -0.480 e. The van der Waals surface area contributed by atoms with Gasteiger partial charge in [-0.05, 0) is 12.0 Å². The van der Waals surface area contributed by atoms with E-state index in [2.05, 4.69) is 5.29 Å². The van der Waals surface area contributed by atoms with Gasteiger partial charge in [0.15, 0.2) is 0 Å². The quantitative estimate of drug-likeness (QED) is 0.565. The molecule has 0 fully saturated rings. The zero-order valence-electron chi connectivity index (χ0n) is 8.17. The molecular weight excluding hydrogens is 196 g/mol. The molecule has 0 atom stereocenters. The van der Waals surface area contributed by atoms with E-state index >= 15 is 0 Å². The van der Waals surface area contributed by atoms with Crippen LogP contribution in [-0.4, -0.2) is 29.2 Å². The Morgan fingerprint density at radius 2 is 2.00 bits per heavy atom. The van der Waals surface area contributed by atoms with Crippen LogP contribution in [0.4, 0.5) is 0 Å². The van der Waals surface area contributed by atoms with E-state index in [1.807, 2.05) is 30.3 Å². The molecule has 1 N–H and O–H groups in total. The highest BCUT2D eigenvalue weighted by Gasteiger charge is 2.07. The van der Waals surface area contributed by atoms with E-state index in [1.165, 1.54) is 0 Å². The Kier molecular flexibility index (Phi) is 4.28. The molecule has 0 aliphatic carbocycles. The molecule has 5 heteroatoms. The number of hydrogen-bond donors (Lipinski definition) is 1. The van der Waals surface area contributed by atoms with Crippen molar-refractivity contribution < 1.29 is 9.90 Å². The minimum absolute atomic E-state index is 0.319. The third kappa shape index (κ3) is 4.21. The summed E-state index contributed by atoms with van der Waals surface area (Å²) in [6.07, 6.45) is 0.611. The minimum atomic E-state index is -1.05. The zero-order valence-corrected chi connectivity index (χ0v) is 8.17. The predicted molar refractivity (Wildman–Crippen MR) is 55.1 cm³/mol. The number of carboxylic acids is 1. The molecule has 0 unspecified atom stereocenters. The summed E-state index contributed by atoms with van der Waals surface area (Å²) in [5, 5.41) is 12.1. The monoisotopic (exact) mass is 208 g/mol. The predicted octanol–water partition coefficient (Wildman–Crippen LogP) is 1.30. The Labute approximate surface area is 87.3 Å². The summed E-state index contributed by atoms with van der Waals surface area (Å²) in [5.41, 5.74) is 1.05. The van der Waals surface area contributed by atoms with Crippen LogP contribution in [-0.2, 0) is 11.2 Å². The molecule has 5 nitrogen and oxygen atoms in total. The number of aliphatic carboxylic acids is 1. The number of carbonyl (C=O) groups is 1. The Bertz CT molecular complexity index is 327. The molecule has 0 aliphatic rings. The van der Waals surface area contributed by atoms with Gasteiger partial charge in [-0.25, -0.2) is 5.01 Å². The van der Waals surface area contributed by atoms with Gasteiger partial charge < -0.3 is 5.11 Å². The number of hydrogen-bond acceptors (Lipinski definition) is 3. The maximum absolute atomic E-state index is 10.3. The first-order valence-electron chi connectivity index (χ1n) is 4.56. The Balaban J connectivity index is 2.41. The smallest absolute Gasteiger partial charge is 0.324 e. The molecule has 1 aromatic rings. The lowest BCUT2D eigenvalue weighted by Crippen LogP contribution is -2.26. The van der Waals surface area contributed by atoms with Gasteiger partial charge in [0.1, 0.15) is 6.54 Å².